The fraction of sp³-hybridized carbons (Fsp3) is 0.850. The number of epoxide rings is 1. The number of fused-ring (bicyclic) bond motifs is 5. The van der Waals surface area contributed by atoms with Crippen LogP contribution in [0.2, 0.25) is 0 Å². The molecular formula is C20H30O5. The second kappa shape index (κ2) is 5.80. The Morgan fingerprint density at radius 1 is 1.16 bits per heavy atom. The first-order valence-corrected chi connectivity index (χ1v) is 9.67. The van der Waals surface area contributed by atoms with Crippen molar-refractivity contribution in [2.24, 2.45) is 11.8 Å². The summed E-state index contributed by atoms with van der Waals surface area (Å²) in [7, 11) is 0. The Labute approximate surface area is 149 Å². The highest BCUT2D eigenvalue weighted by atomic mass is 16.6. The first kappa shape index (κ1) is 17.5. The molecule has 0 aromatic carbocycles. The van der Waals surface area contributed by atoms with E-state index in [1.54, 1.807) is 0 Å². The molecule has 140 valence electrons. The number of esters is 1. The van der Waals surface area contributed by atoms with Crippen LogP contribution in [-0.4, -0.2) is 46.7 Å². The third-order valence-electron chi connectivity index (χ3n) is 7.00. The van der Waals surface area contributed by atoms with Crippen LogP contribution in [0.5, 0.6) is 0 Å². The summed E-state index contributed by atoms with van der Waals surface area (Å²) in [6.45, 7) is 10.1. The molecule has 0 radical (unpaired) electrons. The molecule has 0 aromatic heterocycles. The number of carbonyl (C=O) groups excluding carboxylic acids is 1. The van der Waals surface area contributed by atoms with E-state index in [1.807, 2.05) is 6.92 Å². The molecule has 2 bridgehead atoms. The van der Waals surface area contributed by atoms with Crippen LogP contribution in [0, 0.1) is 11.8 Å². The van der Waals surface area contributed by atoms with E-state index in [1.165, 1.54) is 0 Å². The number of ether oxygens (including phenoxy) is 3. The molecule has 8 atom stereocenters. The highest BCUT2D eigenvalue weighted by molar-refractivity contribution is 5.91. The van der Waals surface area contributed by atoms with Crippen LogP contribution in [-0.2, 0) is 19.0 Å². The molecule has 4 aliphatic rings. The summed E-state index contributed by atoms with van der Waals surface area (Å²) in [4.78, 5) is 12.0. The SMILES string of the molecule is C=C1C(=O)O[C@H]2[C@H]3O[C@@H](C[C@@H]12)[C@](C)(O)CC[C@H]1O[C@]1(C)CCC[C@H]3C. The van der Waals surface area contributed by atoms with Gasteiger partial charge in [0, 0.05) is 11.5 Å². The second-order valence-electron chi connectivity index (χ2n) is 9.01. The molecule has 0 aliphatic carbocycles. The number of carbonyl (C=O) groups is 1. The topological polar surface area (TPSA) is 68.3 Å². The smallest absolute Gasteiger partial charge is 0.334 e. The van der Waals surface area contributed by atoms with Gasteiger partial charge < -0.3 is 19.3 Å². The van der Waals surface area contributed by atoms with Crippen molar-refractivity contribution in [3.8, 4) is 0 Å². The van der Waals surface area contributed by atoms with E-state index in [0.29, 0.717) is 18.4 Å². The average molecular weight is 350 g/mol. The van der Waals surface area contributed by atoms with Gasteiger partial charge >= 0.3 is 5.97 Å². The van der Waals surface area contributed by atoms with Crippen molar-refractivity contribution >= 4 is 5.97 Å². The van der Waals surface area contributed by atoms with E-state index in [9.17, 15) is 9.90 Å². The van der Waals surface area contributed by atoms with Crippen molar-refractivity contribution < 1.29 is 24.1 Å². The van der Waals surface area contributed by atoms with Gasteiger partial charge in [-0.25, -0.2) is 4.79 Å². The maximum atomic E-state index is 12.0. The van der Waals surface area contributed by atoms with E-state index in [4.69, 9.17) is 14.2 Å². The molecule has 0 aromatic rings. The lowest BCUT2D eigenvalue weighted by atomic mass is 9.75. The number of rotatable bonds is 0. The normalized spacial score (nSPS) is 53.1. The van der Waals surface area contributed by atoms with Crippen LogP contribution in [0.15, 0.2) is 12.2 Å². The largest absolute Gasteiger partial charge is 0.456 e. The summed E-state index contributed by atoms with van der Waals surface area (Å²) in [5, 5.41) is 11.1. The lowest BCUT2D eigenvalue weighted by molar-refractivity contribution is -0.208. The van der Waals surface area contributed by atoms with Crippen molar-refractivity contribution in [3.05, 3.63) is 12.2 Å². The highest BCUT2D eigenvalue weighted by Gasteiger charge is 2.56. The van der Waals surface area contributed by atoms with Crippen LogP contribution in [0.1, 0.15) is 59.3 Å². The monoisotopic (exact) mass is 350 g/mol. The van der Waals surface area contributed by atoms with E-state index in [0.717, 1.165) is 25.7 Å². The van der Waals surface area contributed by atoms with Gasteiger partial charge in [0.05, 0.1) is 29.5 Å². The van der Waals surface area contributed by atoms with Gasteiger partial charge in [-0.1, -0.05) is 19.9 Å². The second-order valence-corrected chi connectivity index (χ2v) is 9.01. The average Bonchev–Trinajstić information content (AvgIpc) is 3.11. The summed E-state index contributed by atoms with van der Waals surface area (Å²) < 4.78 is 17.9. The summed E-state index contributed by atoms with van der Waals surface area (Å²) in [5.41, 5.74) is -0.431. The van der Waals surface area contributed by atoms with Gasteiger partial charge in [-0.05, 0) is 51.9 Å². The van der Waals surface area contributed by atoms with Crippen molar-refractivity contribution in [1.29, 1.82) is 0 Å². The zero-order chi connectivity index (χ0) is 18.0. The molecule has 1 N–H and O–H groups in total. The molecule has 4 aliphatic heterocycles. The zero-order valence-electron chi connectivity index (χ0n) is 15.5. The third kappa shape index (κ3) is 2.94. The number of hydrogen-bond donors (Lipinski definition) is 1. The maximum absolute atomic E-state index is 12.0. The van der Waals surface area contributed by atoms with Crippen LogP contribution < -0.4 is 0 Å². The van der Waals surface area contributed by atoms with Crippen molar-refractivity contribution in [1.82, 2.24) is 0 Å². The van der Waals surface area contributed by atoms with Crippen molar-refractivity contribution in [3.63, 3.8) is 0 Å². The predicted molar refractivity (Wildman–Crippen MR) is 91.9 cm³/mol. The number of aliphatic hydroxyl groups is 1. The van der Waals surface area contributed by atoms with E-state index < -0.39 is 5.60 Å². The van der Waals surface area contributed by atoms with Gasteiger partial charge in [0.1, 0.15) is 6.10 Å². The molecule has 0 saturated carbocycles. The highest BCUT2D eigenvalue weighted by Crippen LogP contribution is 2.48. The molecule has 4 fully saturated rings. The van der Waals surface area contributed by atoms with Gasteiger partial charge in [0.15, 0.2) is 0 Å². The van der Waals surface area contributed by atoms with Crippen molar-refractivity contribution in [2.75, 3.05) is 0 Å². The first-order chi connectivity index (χ1) is 11.7. The Kier molecular flexibility index (Phi) is 4.06. The quantitative estimate of drug-likeness (QED) is 0.413. The van der Waals surface area contributed by atoms with Gasteiger partial charge in [0.25, 0.3) is 0 Å². The van der Waals surface area contributed by atoms with Crippen molar-refractivity contribution in [2.45, 2.75) is 94.9 Å². The fourth-order valence-electron chi connectivity index (χ4n) is 5.01. The Bertz CT molecular complexity index is 585. The van der Waals surface area contributed by atoms with Crippen LogP contribution in [0.3, 0.4) is 0 Å². The van der Waals surface area contributed by atoms with Crippen LogP contribution in [0.4, 0.5) is 0 Å². The summed E-state index contributed by atoms with van der Waals surface area (Å²) in [5.74, 6) is -0.0943. The van der Waals surface area contributed by atoms with Crippen LogP contribution >= 0.6 is 0 Å². The molecule has 5 nitrogen and oxygen atoms in total. The van der Waals surface area contributed by atoms with Crippen LogP contribution in [0.25, 0.3) is 0 Å². The van der Waals surface area contributed by atoms with E-state index >= 15 is 0 Å². The van der Waals surface area contributed by atoms with Gasteiger partial charge in [-0.3, -0.25) is 0 Å². The third-order valence-corrected chi connectivity index (χ3v) is 7.00. The lowest BCUT2D eigenvalue weighted by Gasteiger charge is -2.45. The summed E-state index contributed by atoms with van der Waals surface area (Å²) >= 11 is 0. The maximum Gasteiger partial charge on any atom is 0.334 e. The van der Waals surface area contributed by atoms with E-state index in [-0.39, 0.29) is 47.8 Å². The summed E-state index contributed by atoms with van der Waals surface area (Å²) in [6.07, 6.45) is 4.66. The Hall–Kier alpha value is -0.910. The zero-order valence-corrected chi connectivity index (χ0v) is 15.5. The predicted octanol–water partition coefficient (Wildman–Crippen LogP) is 2.75. The fourth-order valence-corrected chi connectivity index (χ4v) is 5.01. The molecule has 4 rings (SSSR count). The molecular weight excluding hydrogens is 320 g/mol. The number of hydrogen-bond acceptors (Lipinski definition) is 5. The van der Waals surface area contributed by atoms with E-state index in [2.05, 4.69) is 20.4 Å². The lowest BCUT2D eigenvalue weighted by Crippen LogP contribution is -2.54. The standard InChI is InChI=1S/C20H30O5/c1-11-6-5-8-20(4)14(25-20)7-9-19(3,22)15-10-13-12(2)18(21)24-17(13)16(11)23-15/h11,13-17,22H,2,5-10H2,1,3-4H3/t11-,13+,14-,15+,16+,17-,19-,20-/m1/s1. The minimum absolute atomic E-state index is 0.0262. The molecule has 4 saturated heterocycles. The Morgan fingerprint density at radius 3 is 2.68 bits per heavy atom. The molecule has 0 amide bonds. The van der Waals surface area contributed by atoms with Gasteiger partial charge in [0.2, 0.25) is 0 Å². The first-order valence-electron chi connectivity index (χ1n) is 9.67. The molecule has 4 heterocycles. The Morgan fingerprint density at radius 2 is 1.92 bits per heavy atom. The molecule has 0 unspecified atom stereocenters. The minimum atomic E-state index is -0.944. The van der Waals surface area contributed by atoms with Gasteiger partial charge in [-0.2, -0.15) is 0 Å². The van der Waals surface area contributed by atoms with Gasteiger partial charge in [-0.15, -0.1) is 0 Å². The molecule has 25 heavy (non-hydrogen) atoms. The molecule has 0 spiro atoms. The minimum Gasteiger partial charge on any atom is -0.456 e. The molecule has 5 heteroatoms. The Balaban J connectivity index is 1.61. The summed E-state index contributed by atoms with van der Waals surface area (Å²) in [6, 6.07) is 0.